The molecule has 154 valence electrons. The first kappa shape index (κ1) is 19.5. The minimum absolute atomic E-state index is 0.114. The number of thiocarbonyl (C=S) groups is 1. The number of halogens is 1. The molecule has 3 N–H and O–H groups in total. The number of amides is 1. The summed E-state index contributed by atoms with van der Waals surface area (Å²) in [6.45, 7) is 1.93. The highest BCUT2D eigenvalue weighted by Crippen LogP contribution is 2.37. The van der Waals surface area contributed by atoms with Crippen LogP contribution in [0.1, 0.15) is 29.1 Å². The molecule has 3 aromatic rings. The number of nitrogens with zero attached hydrogens (tertiary/aromatic N) is 3. The summed E-state index contributed by atoms with van der Waals surface area (Å²) in [5, 5.41) is 19.0. The number of fused-ring (bicyclic) bond motifs is 1. The maximum absolute atomic E-state index is 13.7. The highest BCUT2D eigenvalue weighted by atomic mass is 32.1. The molecule has 1 aromatic heterocycles. The lowest BCUT2D eigenvalue weighted by atomic mass is 9.96. The van der Waals surface area contributed by atoms with Crippen LogP contribution in [0.3, 0.4) is 0 Å². The van der Waals surface area contributed by atoms with Gasteiger partial charge in [0.15, 0.2) is 5.11 Å². The van der Waals surface area contributed by atoms with Crippen molar-refractivity contribution in [2.75, 3.05) is 5.32 Å². The Bertz CT molecular complexity index is 1280. The number of aromatic nitrogens is 2. The molecule has 7 nitrogen and oxygen atoms in total. The summed E-state index contributed by atoms with van der Waals surface area (Å²) in [4.78, 5) is 16.7. The minimum Gasteiger partial charge on any atom is -0.351 e. The largest absolute Gasteiger partial charge is 0.351 e. The van der Waals surface area contributed by atoms with Crippen LogP contribution in [0, 0.1) is 5.82 Å². The summed E-state index contributed by atoms with van der Waals surface area (Å²) in [6, 6.07) is 13.8. The van der Waals surface area contributed by atoms with Crippen molar-refractivity contribution in [2.45, 2.75) is 13.0 Å². The molecule has 0 fully saturated rings. The van der Waals surface area contributed by atoms with E-state index in [9.17, 15) is 9.18 Å². The smallest absolute Gasteiger partial charge is 0.275 e. The molecular formula is C21H15FN6OS2. The van der Waals surface area contributed by atoms with Crippen LogP contribution in [0.25, 0.3) is 5.57 Å². The second kappa shape index (κ2) is 7.64. The van der Waals surface area contributed by atoms with E-state index in [1.165, 1.54) is 29.5 Å². The van der Waals surface area contributed by atoms with Crippen molar-refractivity contribution >= 4 is 56.7 Å². The molecule has 0 saturated heterocycles. The molecule has 1 unspecified atom stereocenters. The van der Waals surface area contributed by atoms with Crippen LogP contribution in [0.5, 0.6) is 0 Å². The Morgan fingerprint density at radius 1 is 1.13 bits per heavy atom. The van der Waals surface area contributed by atoms with E-state index in [1.54, 1.807) is 0 Å². The van der Waals surface area contributed by atoms with Gasteiger partial charge in [-0.1, -0.05) is 41.7 Å². The Morgan fingerprint density at radius 2 is 1.94 bits per heavy atom. The first-order valence-corrected chi connectivity index (χ1v) is 10.6. The lowest BCUT2D eigenvalue weighted by Gasteiger charge is -2.29. The fourth-order valence-corrected chi connectivity index (χ4v) is 4.70. The second-order valence-corrected chi connectivity index (χ2v) is 8.34. The molecule has 0 bridgehead atoms. The first-order valence-electron chi connectivity index (χ1n) is 9.36. The number of aliphatic imine (C=N–C) groups is 1. The van der Waals surface area contributed by atoms with Gasteiger partial charge in [0.25, 0.3) is 5.91 Å². The molecule has 3 heterocycles. The highest BCUT2D eigenvalue weighted by molar-refractivity contribution is 7.80. The number of anilines is 1. The van der Waals surface area contributed by atoms with E-state index >= 15 is 0 Å². The number of allylic oxidation sites excluding steroid dienone is 1. The van der Waals surface area contributed by atoms with Gasteiger partial charge in [-0.15, -0.1) is 10.2 Å². The molecule has 0 saturated carbocycles. The van der Waals surface area contributed by atoms with E-state index in [4.69, 9.17) is 12.2 Å². The van der Waals surface area contributed by atoms with Crippen molar-refractivity contribution in [3.63, 3.8) is 0 Å². The van der Waals surface area contributed by atoms with Gasteiger partial charge in [0.2, 0.25) is 5.13 Å². The number of benzene rings is 2. The predicted molar refractivity (Wildman–Crippen MR) is 122 cm³/mol. The van der Waals surface area contributed by atoms with E-state index in [0.717, 1.165) is 16.8 Å². The second-order valence-electron chi connectivity index (χ2n) is 6.98. The van der Waals surface area contributed by atoms with E-state index in [0.29, 0.717) is 26.5 Å². The number of hydrogen-bond acceptors (Lipinski definition) is 6. The average Bonchev–Trinajstić information content (AvgIpc) is 3.33. The summed E-state index contributed by atoms with van der Waals surface area (Å²) in [5.41, 5.74) is 3.83. The molecule has 2 aliphatic rings. The predicted octanol–water partition coefficient (Wildman–Crippen LogP) is 3.70. The van der Waals surface area contributed by atoms with Gasteiger partial charge in [0.05, 0.1) is 11.7 Å². The van der Waals surface area contributed by atoms with Crippen molar-refractivity contribution in [1.29, 1.82) is 0 Å². The monoisotopic (exact) mass is 450 g/mol. The summed E-state index contributed by atoms with van der Waals surface area (Å²) in [5.74, 6) is -0.844. The van der Waals surface area contributed by atoms with E-state index < -0.39 is 11.7 Å². The Balaban J connectivity index is 1.54. The average molecular weight is 451 g/mol. The van der Waals surface area contributed by atoms with Crippen LogP contribution in [0.4, 0.5) is 15.2 Å². The van der Waals surface area contributed by atoms with Crippen LogP contribution in [-0.2, 0) is 4.79 Å². The van der Waals surface area contributed by atoms with Gasteiger partial charge in [-0.05, 0) is 42.9 Å². The number of carbonyl (C=O) groups is 1. The van der Waals surface area contributed by atoms with Crippen LogP contribution >= 0.6 is 23.6 Å². The minimum atomic E-state index is -0.442. The molecule has 0 spiro atoms. The maximum Gasteiger partial charge on any atom is 0.275 e. The molecule has 0 radical (unpaired) electrons. The zero-order chi connectivity index (χ0) is 21.5. The van der Waals surface area contributed by atoms with Gasteiger partial charge in [-0.3, -0.25) is 4.79 Å². The third-order valence-electron chi connectivity index (χ3n) is 4.95. The lowest BCUT2D eigenvalue weighted by molar-refractivity contribution is -0.110. The number of nitrogens with one attached hydrogen (secondary N) is 3. The van der Waals surface area contributed by atoms with Crippen molar-refractivity contribution in [2.24, 2.45) is 4.99 Å². The number of hydrogen-bond donors (Lipinski definition) is 3. The topological polar surface area (TPSA) is 91.3 Å². The van der Waals surface area contributed by atoms with Crippen LogP contribution in [-0.4, -0.2) is 26.9 Å². The zero-order valence-corrected chi connectivity index (χ0v) is 17.8. The lowest BCUT2D eigenvalue weighted by Crippen LogP contribution is -2.42. The highest BCUT2D eigenvalue weighted by Gasteiger charge is 2.30. The quantitative estimate of drug-likeness (QED) is 0.527. The standard InChI is InChI=1S/C21H15FN6OS2/c1-10-15(16(25-20(30)23-10)11-5-3-2-4-6-11)19-27-28-21(31-19)26-17-13-9-12(22)7-8-14(13)24-18(17)29/h2-9,16H,1H3,(H2,23,25,30)(H,24,26,28,29). The Labute approximate surface area is 186 Å². The molecule has 31 heavy (non-hydrogen) atoms. The van der Waals surface area contributed by atoms with E-state index in [2.05, 4.69) is 31.1 Å². The Hall–Kier alpha value is -3.50. The summed E-state index contributed by atoms with van der Waals surface area (Å²) < 4.78 is 13.7. The summed E-state index contributed by atoms with van der Waals surface area (Å²) >= 11 is 6.58. The molecule has 2 aromatic carbocycles. The molecule has 5 rings (SSSR count). The molecular weight excluding hydrogens is 435 g/mol. The van der Waals surface area contributed by atoms with Crippen LogP contribution < -0.4 is 16.0 Å². The number of carbonyl (C=O) groups excluding carboxylic acids is 1. The normalized spacial score (nSPS) is 19.2. The zero-order valence-electron chi connectivity index (χ0n) is 16.1. The van der Waals surface area contributed by atoms with Gasteiger partial charge < -0.3 is 16.0 Å². The van der Waals surface area contributed by atoms with Crippen molar-refractivity contribution < 1.29 is 9.18 Å². The third-order valence-corrected chi connectivity index (χ3v) is 6.02. The van der Waals surface area contributed by atoms with E-state index in [1.807, 2.05) is 37.3 Å². The summed E-state index contributed by atoms with van der Waals surface area (Å²) in [7, 11) is 0. The number of rotatable bonds is 3. The maximum atomic E-state index is 13.7. The Morgan fingerprint density at radius 3 is 2.74 bits per heavy atom. The molecule has 1 atom stereocenters. The molecule has 0 aliphatic carbocycles. The fourth-order valence-electron chi connectivity index (χ4n) is 3.57. The van der Waals surface area contributed by atoms with Gasteiger partial charge in [0.1, 0.15) is 16.5 Å². The third kappa shape index (κ3) is 3.60. The van der Waals surface area contributed by atoms with Crippen LogP contribution in [0.2, 0.25) is 0 Å². The fraction of sp³-hybridized carbons (Fsp3) is 0.0952. The SMILES string of the molecule is CC1=C(c2nnc(N=C3C(=O)Nc4ccc(F)cc43)s2)C(c2ccccc2)NC(=S)N1. The van der Waals surface area contributed by atoms with Gasteiger partial charge >= 0.3 is 0 Å². The summed E-state index contributed by atoms with van der Waals surface area (Å²) in [6.07, 6.45) is 0. The van der Waals surface area contributed by atoms with Crippen molar-refractivity contribution in [1.82, 2.24) is 20.8 Å². The Kier molecular flexibility index (Phi) is 4.79. The molecule has 1 amide bonds. The molecule has 2 aliphatic heterocycles. The van der Waals surface area contributed by atoms with Gasteiger partial charge in [0, 0.05) is 16.8 Å². The van der Waals surface area contributed by atoms with Gasteiger partial charge in [-0.25, -0.2) is 9.38 Å². The van der Waals surface area contributed by atoms with E-state index in [-0.39, 0.29) is 11.8 Å². The first-order chi connectivity index (χ1) is 15.0. The van der Waals surface area contributed by atoms with Crippen molar-refractivity contribution in [3.05, 3.63) is 76.2 Å². The van der Waals surface area contributed by atoms with Crippen LogP contribution in [0.15, 0.2) is 59.2 Å². The van der Waals surface area contributed by atoms with Gasteiger partial charge in [-0.2, -0.15) is 0 Å². The van der Waals surface area contributed by atoms with Crippen molar-refractivity contribution in [3.8, 4) is 0 Å². The molecule has 10 heteroatoms.